The van der Waals surface area contributed by atoms with Crippen LogP contribution in [0.1, 0.15) is 26.2 Å². The molecular weight excluding hydrogens is 309 g/mol. The van der Waals surface area contributed by atoms with Crippen LogP contribution >= 0.6 is 34.8 Å². The summed E-state index contributed by atoms with van der Waals surface area (Å²) in [7, 11) is 0. The van der Waals surface area contributed by atoms with Gasteiger partial charge in [0.05, 0.1) is 11.2 Å². The van der Waals surface area contributed by atoms with Gasteiger partial charge in [-0.25, -0.2) is 4.99 Å². The Hall–Kier alpha value is -0.0300. The minimum atomic E-state index is -1.08. The highest BCUT2D eigenvalue weighted by molar-refractivity contribution is 6.50. The Morgan fingerprint density at radius 3 is 2.53 bits per heavy atom. The van der Waals surface area contributed by atoms with Crippen LogP contribution in [0.3, 0.4) is 0 Å². The normalized spacial score (nSPS) is 31.5. The SMILES string of the molecule is CC(C1CC1(Cl)Cl)C(O)(CN/C=N\C=N)C1(Cl)CC1. The van der Waals surface area contributed by atoms with E-state index in [2.05, 4.69) is 10.3 Å². The zero-order chi connectivity index (χ0) is 14.3. The molecule has 0 spiro atoms. The molecule has 3 unspecified atom stereocenters. The molecule has 0 aromatic heterocycles. The number of alkyl halides is 3. The fourth-order valence-electron chi connectivity index (χ4n) is 2.67. The van der Waals surface area contributed by atoms with Crippen LogP contribution in [0.2, 0.25) is 0 Å². The fraction of sp³-hybridized carbons (Fsp3) is 0.833. The third kappa shape index (κ3) is 2.87. The van der Waals surface area contributed by atoms with E-state index in [1.807, 2.05) is 6.92 Å². The molecule has 0 aromatic rings. The Morgan fingerprint density at radius 2 is 2.11 bits per heavy atom. The van der Waals surface area contributed by atoms with Gasteiger partial charge >= 0.3 is 0 Å². The largest absolute Gasteiger partial charge is 0.386 e. The molecule has 2 fully saturated rings. The van der Waals surface area contributed by atoms with Crippen molar-refractivity contribution in [3.8, 4) is 0 Å². The quantitative estimate of drug-likeness (QED) is 0.382. The smallest absolute Gasteiger partial charge is 0.122 e. The van der Waals surface area contributed by atoms with Crippen molar-refractivity contribution in [3.05, 3.63) is 0 Å². The molecule has 7 heteroatoms. The first-order valence-corrected chi connectivity index (χ1v) is 7.43. The van der Waals surface area contributed by atoms with Crippen LogP contribution in [0, 0.1) is 17.2 Å². The maximum absolute atomic E-state index is 11.0. The van der Waals surface area contributed by atoms with Crippen LogP contribution in [0.25, 0.3) is 0 Å². The molecule has 0 radical (unpaired) electrons. The Kier molecular flexibility index (Phi) is 4.09. The summed E-state index contributed by atoms with van der Waals surface area (Å²) in [6.07, 6.45) is 4.55. The van der Waals surface area contributed by atoms with E-state index < -0.39 is 14.8 Å². The molecule has 2 rings (SSSR count). The molecule has 108 valence electrons. The average molecular weight is 327 g/mol. The molecule has 0 heterocycles. The van der Waals surface area contributed by atoms with Crippen LogP contribution in [0.5, 0.6) is 0 Å². The zero-order valence-corrected chi connectivity index (χ0v) is 12.9. The van der Waals surface area contributed by atoms with Gasteiger partial charge in [-0.2, -0.15) is 0 Å². The summed E-state index contributed by atoms with van der Waals surface area (Å²) in [6, 6.07) is 0. The van der Waals surface area contributed by atoms with Gasteiger partial charge in [-0.15, -0.1) is 34.8 Å². The first kappa shape index (κ1) is 15.4. The van der Waals surface area contributed by atoms with Crippen molar-refractivity contribution in [2.24, 2.45) is 16.8 Å². The van der Waals surface area contributed by atoms with Crippen LogP contribution in [0.15, 0.2) is 4.99 Å². The third-order valence-corrected chi connectivity index (χ3v) is 5.88. The van der Waals surface area contributed by atoms with Gasteiger partial charge in [0, 0.05) is 12.5 Å². The lowest BCUT2D eigenvalue weighted by Crippen LogP contribution is -2.55. The van der Waals surface area contributed by atoms with Gasteiger partial charge < -0.3 is 10.4 Å². The molecule has 2 aliphatic carbocycles. The Morgan fingerprint density at radius 1 is 1.53 bits per heavy atom. The number of hydrogen-bond donors (Lipinski definition) is 3. The summed E-state index contributed by atoms with van der Waals surface area (Å²) in [4.78, 5) is 3.02. The number of halogens is 3. The van der Waals surface area contributed by atoms with E-state index in [4.69, 9.17) is 40.2 Å². The van der Waals surface area contributed by atoms with Gasteiger partial charge in [0.2, 0.25) is 0 Å². The van der Waals surface area contributed by atoms with E-state index in [-0.39, 0.29) is 18.4 Å². The molecule has 2 aliphatic rings. The number of nitrogens with one attached hydrogen (secondary N) is 2. The predicted octanol–water partition coefficient (Wildman–Crippen LogP) is 2.54. The summed E-state index contributed by atoms with van der Waals surface area (Å²) in [5, 5.41) is 20.7. The predicted molar refractivity (Wildman–Crippen MR) is 79.8 cm³/mol. The first-order valence-electron chi connectivity index (χ1n) is 6.30. The lowest BCUT2D eigenvalue weighted by Gasteiger charge is -2.39. The number of hydrogen-bond acceptors (Lipinski definition) is 2. The molecule has 2 saturated carbocycles. The lowest BCUT2D eigenvalue weighted by molar-refractivity contribution is -0.0267. The number of aliphatic imine (C=N–C) groups is 1. The standard InChI is InChI=1S/C12H18Cl3N3O/c1-8(9-4-12(9,14)15)11(19,10(13)2-3-10)5-17-7-18-6-16/h6-9,19H,2-5H2,1H3,(H2,16,17,18). The minimum Gasteiger partial charge on any atom is -0.386 e. The van der Waals surface area contributed by atoms with Gasteiger partial charge in [0.15, 0.2) is 0 Å². The van der Waals surface area contributed by atoms with Gasteiger partial charge in [-0.3, -0.25) is 5.41 Å². The molecule has 0 saturated heterocycles. The van der Waals surface area contributed by atoms with Crippen molar-refractivity contribution in [3.63, 3.8) is 0 Å². The highest BCUT2D eigenvalue weighted by Crippen LogP contribution is 2.63. The highest BCUT2D eigenvalue weighted by atomic mass is 35.5. The molecule has 19 heavy (non-hydrogen) atoms. The van der Waals surface area contributed by atoms with E-state index in [1.54, 1.807) is 0 Å². The van der Waals surface area contributed by atoms with Gasteiger partial charge in [0.25, 0.3) is 0 Å². The van der Waals surface area contributed by atoms with Crippen molar-refractivity contribution in [2.75, 3.05) is 6.54 Å². The Bertz CT molecular complexity index is 398. The number of nitrogens with zero attached hydrogens (tertiary/aromatic N) is 1. The van der Waals surface area contributed by atoms with E-state index in [0.717, 1.165) is 19.2 Å². The summed E-state index contributed by atoms with van der Waals surface area (Å²) in [5.41, 5.74) is -1.08. The molecule has 0 aliphatic heterocycles. The second-order valence-corrected chi connectivity index (χ2v) is 7.80. The molecule has 3 N–H and O–H groups in total. The maximum Gasteiger partial charge on any atom is 0.122 e. The Balaban J connectivity index is 2.07. The average Bonchev–Trinajstić information content (AvgIpc) is 3.23. The zero-order valence-electron chi connectivity index (χ0n) is 10.7. The second kappa shape index (κ2) is 5.06. The van der Waals surface area contributed by atoms with Crippen LogP contribution in [-0.4, -0.2) is 39.1 Å². The Labute approximate surface area is 128 Å². The topological polar surface area (TPSA) is 68.5 Å². The summed E-state index contributed by atoms with van der Waals surface area (Å²) in [5.74, 6) is -0.0538. The van der Waals surface area contributed by atoms with Gasteiger partial charge in [-0.05, 0) is 25.2 Å². The second-order valence-electron chi connectivity index (χ2n) is 5.54. The lowest BCUT2D eigenvalue weighted by atomic mass is 9.80. The van der Waals surface area contributed by atoms with E-state index in [0.29, 0.717) is 6.42 Å². The van der Waals surface area contributed by atoms with Crippen molar-refractivity contribution in [1.82, 2.24) is 5.32 Å². The van der Waals surface area contributed by atoms with Gasteiger partial charge in [-0.1, -0.05) is 6.92 Å². The van der Waals surface area contributed by atoms with Crippen molar-refractivity contribution in [2.45, 2.75) is 41.0 Å². The first-order chi connectivity index (χ1) is 8.77. The van der Waals surface area contributed by atoms with Crippen molar-refractivity contribution >= 4 is 47.5 Å². The van der Waals surface area contributed by atoms with Crippen LogP contribution in [-0.2, 0) is 0 Å². The fourth-order valence-corrected chi connectivity index (χ4v) is 3.71. The summed E-state index contributed by atoms with van der Waals surface area (Å²) in [6.45, 7) is 2.21. The van der Waals surface area contributed by atoms with Crippen LogP contribution < -0.4 is 5.32 Å². The molecule has 0 bridgehead atoms. The number of rotatable bonds is 7. The van der Waals surface area contributed by atoms with E-state index >= 15 is 0 Å². The minimum absolute atomic E-state index is 0.0542. The molecular formula is C12H18Cl3N3O. The molecule has 4 nitrogen and oxygen atoms in total. The van der Waals surface area contributed by atoms with Gasteiger partial charge in [0.1, 0.15) is 16.3 Å². The monoisotopic (exact) mass is 325 g/mol. The molecule has 0 amide bonds. The van der Waals surface area contributed by atoms with E-state index in [9.17, 15) is 5.11 Å². The molecule has 3 atom stereocenters. The summed E-state index contributed by atoms with van der Waals surface area (Å²) >= 11 is 18.7. The maximum atomic E-state index is 11.0. The van der Waals surface area contributed by atoms with Crippen molar-refractivity contribution in [1.29, 1.82) is 5.41 Å². The van der Waals surface area contributed by atoms with Crippen LogP contribution in [0.4, 0.5) is 0 Å². The van der Waals surface area contributed by atoms with Crippen molar-refractivity contribution < 1.29 is 5.11 Å². The van der Waals surface area contributed by atoms with E-state index in [1.165, 1.54) is 6.34 Å². The third-order valence-electron chi connectivity index (χ3n) is 4.31. The summed E-state index contributed by atoms with van der Waals surface area (Å²) < 4.78 is -0.738. The molecule has 0 aromatic carbocycles. The number of aliphatic hydroxyl groups is 1. The highest BCUT2D eigenvalue weighted by Gasteiger charge is 2.66.